The molecule has 3 aromatic rings. The van der Waals surface area contributed by atoms with Crippen molar-refractivity contribution in [2.45, 2.75) is 39.5 Å². The van der Waals surface area contributed by atoms with Crippen LogP contribution in [0.3, 0.4) is 0 Å². The van der Waals surface area contributed by atoms with E-state index in [2.05, 4.69) is 21.8 Å². The molecule has 0 fully saturated rings. The van der Waals surface area contributed by atoms with E-state index in [0.29, 0.717) is 28.0 Å². The highest BCUT2D eigenvalue weighted by Crippen LogP contribution is 2.28. The number of fused-ring (bicyclic) bond motifs is 1. The van der Waals surface area contributed by atoms with Gasteiger partial charge in [-0.1, -0.05) is 56.6 Å². The van der Waals surface area contributed by atoms with Crippen molar-refractivity contribution in [3.63, 3.8) is 0 Å². The number of hydrogen-bond acceptors (Lipinski definition) is 6. The van der Waals surface area contributed by atoms with Crippen LogP contribution in [0.2, 0.25) is 5.02 Å². The van der Waals surface area contributed by atoms with Crippen LogP contribution in [0.1, 0.15) is 42.4 Å². The van der Waals surface area contributed by atoms with Crippen LogP contribution in [0.4, 0.5) is 0 Å². The van der Waals surface area contributed by atoms with Gasteiger partial charge in [-0.05, 0) is 29.2 Å². The number of benzene rings is 2. The van der Waals surface area contributed by atoms with Crippen molar-refractivity contribution in [3.8, 4) is 6.07 Å². The first-order chi connectivity index (χ1) is 16.5. The fourth-order valence-corrected chi connectivity index (χ4v) is 3.87. The summed E-state index contributed by atoms with van der Waals surface area (Å²) in [5.74, 6) is -1.04. The number of halogens is 1. The minimum absolute atomic E-state index is 0.119. The van der Waals surface area contributed by atoms with E-state index in [-0.39, 0.29) is 12.2 Å². The van der Waals surface area contributed by atoms with Gasteiger partial charge in [0.25, 0.3) is 5.91 Å². The van der Waals surface area contributed by atoms with Gasteiger partial charge in [0.15, 0.2) is 5.69 Å². The van der Waals surface area contributed by atoms with Crippen molar-refractivity contribution >= 4 is 34.3 Å². The van der Waals surface area contributed by atoms with Crippen LogP contribution >= 0.6 is 11.6 Å². The number of nitrogens with one attached hydrogen (secondary N) is 2. The van der Waals surface area contributed by atoms with E-state index >= 15 is 0 Å². The Hall–Kier alpha value is -3.45. The number of carbonyl (C=O) groups excluding carboxylic acids is 2. The van der Waals surface area contributed by atoms with Crippen molar-refractivity contribution in [2.24, 2.45) is 5.41 Å². The Balaban J connectivity index is 1.92. The molecule has 184 valence electrons. The number of rotatable bonds is 8. The highest BCUT2D eigenvalue weighted by atomic mass is 35.5. The van der Waals surface area contributed by atoms with Gasteiger partial charge < -0.3 is 20.8 Å². The summed E-state index contributed by atoms with van der Waals surface area (Å²) in [4.78, 5) is 26.1. The Morgan fingerprint density at radius 2 is 1.89 bits per heavy atom. The molecular weight excluding hydrogens is 470 g/mol. The first-order valence-corrected chi connectivity index (χ1v) is 11.4. The first-order valence-electron chi connectivity index (χ1n) is 11.1. The number of aromatic nitrogens is 2. The van der Waals surface area contributed by atoms with Crippen molar-refractivity contribution in [2.75, 3.05) is 13.2 Å². The summed E-state index contributed by atoms with van der Waals surface area (Å²) in [5.41, 5.74) is 1.45. The molecule has 0 bridgehead atoms. The molecule has 1 heterocycles. The summed E-state index contributed by atoms with van der Waals surface area (Å²) in [7, 11) is 0. The largest absolute Gasteiger partial charge is 0.394 e. The van der Waals surface area contributed by atoms with E-state index < -0.39 is 36.0 Å². The lowest BCUT2D eigenvalue weighted by Crippen LogP contribution is -2.54. The molecule has 2 atom stereocenters. The quantitative estimate of drug-likeness (QED) is 0.376. The summed E-state index contributed by atoms with van der Waals surface area (Å²) < 4.78 is 1.62. The molecule has 1 aromatic heterocycles. The minimum atomic E-state index is -1.10. The molecule has 0 saturated carbocycles. The number of hydrogen-bond donors (Lipinski definition) is 4. The number of amides is 2. The van der Waals surface area contributed by atoms with Gasteiger partial charge >= 0.3 is 0 Å². The smallest absolute Gasteiger partial charge is 0.273 e. The number of nitrogens with zero attached hydrogens (tertiary/aromatic N) is 3. The van der Waals surface area contributed by atoms with Gasteiger partial charge in [0.2, 0.25) is 5.91 Å². The van der Waals surface area contributed by atoms with E-state index in [4.69, 9.17) is 22.0 Å². The zero-order valence-electron chi connectivity index (χ0n) is 19.7. The Morgan fingerprint density at radius 3 is 2.49 bits per heavy atom. The Kier molecular flexibility index (Phi) is 8.12. The topological polar surface area (TPSA) is 140 Å². The SMILES string of the molecule is CC(C)(C)[C@H](NC(=O)c1nn(Cc2ccc(C#N)cc2)c2c(Cl)cccc12)C(=O)NC[C@@H](O)CO. The molecule has 0 spiro atoms. The van der Waals surface area contributed by atoms with Crippen LogP contribution in [0.15, 0.2) is 42.5 Å². The molecule has 9 nitrogen and oxygen atoms in total. The van der Waals surface area contributed by atoms with Crippen LogP contribution in [0.5, 0.6) is 0 Å². The van der Waals surface area contributed by atoms with Gasteiger partial charge in [0, 0.05) is 11.9 Å². The number of aliphatic hydroxyl groups is 2. The van der Waals surface area contributed by atoms with Gasteiger partial charge in [-0.15, -0.1) is 0 Å². The van der Waals surface area contributed by atoms with E-state index in [9.17, 15) is 14.7 Å². The third kappa shape index (κ3) is 6.17. The summed E-state index contributed by atoms with van der Waals surface area (Å²) in [6.45, 7) is 5.10. The van der Waals surface area contributed by atoms with Crippen molar-refractivity contribution in [3.05, 3.63) is 64.3 Å². The van der Waals surface area contributed by atoms with E-state index in [1.54, 1.807) is 55.8 Å². The maximum atomic E-state index is 13.3. The maximum absolute atomic E-state index is 13.3. The molecule has 0 radical (unpaired) electrons. The second-order valence-corrected chi connectivity index (χ2v) is 9.71. The Bertz CT molecular complexity index is 1260. The number of carbonyl (C=O) groups is 2. The van der Waals surface area contributed by atoms with Gasteiger partial charge in [0.05, 0.1) is 41.4 Å². The van der Waals surface area contributed by atoms with Crippen LogP contribution in [-0.2, 0) is 11.3 Å². The number of nitriles is 1. The van der Waals surface area contributed by atoms with Crippen molar-refractivity contribution < 1.29 is 19.8 Å². The Morgan fingerprint density at radius 1 is 1.20 bits per heavy atom. The first kappa shape index (κ1) is 26.2. The summed E-state index contributed by atoms with van der Waals surface area (Å²) in [6.07, 6.45) is -1.10. The molecule has 35 heavy (non-hydrogen) atoms. The molecule has 0 aliphatic heterocycles. The standard InChI is InChI=1S/C25H28ClN5O4/c1-25(2,3)22(24(35)28-12-17(33)14-32)29-23(34)20-18-5-4-6-19(26)21(18)31(30-20)13-16-9-7-15(11-27)8-10-16/h4-10,17,22,32-33H,12-14H2,1-3H3,(H,28,35)(H,29,34)/t17-,22-/m1/s1. The van der Waals surface area contributed by atoms with E-state index in [1.165, 1.54) is 0 Å². The highest BCUT2D eigenvalue weighted by Gasteiger charge is 2.34. The van der Waals surface area contributed by atoms with Crippen LogP contribution in [0.25, 0.3) is 10.9 Å². The van der Waals surface area contributed by atoms with Crippen LogP contribution in [-0.4, -0.2) is 57.1 Å². The predicted molar refractivity (Wildman–Crippen MR) is 132 cm³/mol. The normalized spacial score (nSPS) is 13.2. The van der Waals surface area contributed by atoms with E-state index in [0.717, 1.165) is 5.56 Å². The molecule has 3 rings (SSSR count). The second kappa shape index (κ2) is 10.9. The molecule has 4 N–H and O–H groups in total. The molecular formula is C25H28ClN5O4. The summed E-state index contributed by atoms with van der Waals surface area (Å²) in [6, 6.07) is 13.3. The average Bonchev–Trinajstić information content (AvgIpc) is 3.20. The molecule has 0 aliphatic rings. The molecule has 0 aliphatic carbocycles. The van der Waals surface area contributed by atoms with Gasteiger partial charge in [0.1, 0.15) is 6.04 Å². The predicted octanol–water partition coefficient (Wildman–Crippen LogP) is 2.22. The van der Waals surface area contributed by atoms with E-state index in [1.807, 2.05) is 12.1 Å². The van der Waals surface area contributed by atoms with Crippen molar-refractivity contribution in [1.82, 2.24) is 20.4 Å². The second-order valence-electron chi connectivity index (χ2n) is 9.31. The molecule has 0 saturated heterocycles. The third-order valence-electron chi connectivity index (χ3n) is 5.48. The fourth-order valence-electron chi connectivity index (χ4n) is 3.59. The molecule has 2 amide bonds. The third-order valence-corrected chi connectivity index (χ3v) is 5.78. The fraction of sp³-hybridized carbons (Fsp3) is 0.360. The molecule has 0 unspecified atom stereocenters. The lowest BCUT2D eigenvalue weighted by molar-refractivity contribution is -0.125. The zero-order valence-corrected chi connectivity index (χ0v) is 20.5. The van der Waals surface area contributed by atoms with Crippen LogP contribution < -0.4 is 10.6 Å². The summed E-state index contributed by atoms with van der Waals surface area (Å²) in [5, 5.41) is 38.4. The lowest BCUT2D eigenvalue weighted by Gasteiger charge is -2.30. The maximum Gasteiger partial charge on any atom is 0.273 e. The zero-order chi connectivity index (χ0) is 25.8. The van der Waals surface area contributed by atoms with Gasteiger partial charge in [-0.3, -0.25) is 14.3 Å². The average molecular weight is 498 g/mol. The monoisotopic (exact) mass is 497 g/mol. The van der Waals surface area contributed by atoms with Gasteiger partial charge in [-0.25, -0.2) is 0 Å². The molecule has 10 heteroatoms. The van der Waals surface area contributed by atoms with Crippen molar-refractivity contribution in [1.29, 1.82) is 5.26 Å². The lowest BCUT2D eigenvalue weighted by atomic mass is 9.86. The molecule has 2 aromatic carbocycles. The summed E-state index contributed by atoms with van der Waals surface area (Å²) >= 11 is 6.46. The number of para-hydroxylation sites is 1. The number of aliphatic hydroxyl groups excluding tert-OH is 2. The van der Waals surface area contributed by atoms with Crippen LogP contribution in [0, 0.1) is 16.7 Å². The minimum Gasteiger partial charge on any atom is -0.394 e. The van der Waals surface area contributed by atoms with Gasteiger partial charge in [-0.2, -0.15) is 10.4 Å². The highest BCUT2D eigenvalue weighted by molar-refractivity contribution is 6.35. The Labute approximate surface area is 208 Å².